The van der Waals surface area contributed by atoms with Gasteiger partial charge < -0.3 is 10.6 Å². The van der Waals surface area contributed by atoms with Crippen LogP contribution in [-0.2, 0) is 11.2 Å². The van der Waals surface area contributed by atoms with Crippen LogP contribution < -0.4 is 5.73 Å². The number of carbonyl (C=O) groups excluding carboxylic acids is 1. The van der Waals surface area contributed by atoms with Crippen LogP contribution in [0.3, 0.4) is 0 Å². The van der Waals surface area contributed by atoms with E-state index in [4.69, 9.17) is 5.73 Å². The zero-order valence-corrected chi connectivity index (χ0v) is 11.8. The summed E-state index contributed by atoms with van der Waals surface area (Å²) in [6.45, 7) is 3.73. The third-order valence-corrected chi connectivity index (χ3v) is 4.64. The van der Waals surface area contributed by atoms with Gasteiger partial charge in [-0.15, -0.1) is 11.3 Å². The molecule has 0 radical (unpaired) electrons. The van der Waals surface area contributed by atoms with Crippen molar-refractivity contribution in [2.24, 2.45) is 5.73 Å². The summed E-state index contributed by atoms with van der Waals surface area (Å²) in [7, 11) is 0. The van der Waals surface area contributed by atoms with Gasteiger partial charge in [0.15, 0.2) is 0 Å². The summed E-state index contributed by atoms with van der Waals surface area (Å²) in [4.78, 5) is 15.8. The van der Waals surface area contributed by atoms with Crippen molar-refractivity contribution >= 4 is 17.2 Å². The Bertz CT molecular complexity index is 402. The van der Waals surface area contributed by atoms with Gasteiger partial charge in [0, 0.05) is 17.8 Å². The minimum atomic E-state index is 0.297. The average Bonchev–Trinajstić information content (AvgIpc) is 2.85. The Morgan fingerprint density at radius 3 is 3.11 bits per heavy atom. The Morgan fingerprint density at radius 1 is 1.56 bits per heavy atom. The summed E-state index contributed by atoms with van der Waals surface area (Å²) >= 11 is 1.83. The summed E-state index contributed by atoms with van der Waals surface area (Å²) in [5, 5.41) is 2.15. The molecule has 2 rings (SSSR count). The van der Waals surface area contributed by atoms with E-state index in [1.54, 1.807) is 0 Å². The van der Waals surface area contributed by atoms with E-state index in [1.807, 2.05) is 11.3 Å². The standard InChI is InChI=1S/C14H22N2OS/c1-2-12-11-7-10-18-13(11)6-9-16(12)14(17)5-3-4-8-15/h7,10,12H,2-6,8-9,15H2,1H3. The van der Waals surface area contributed by atoms with Crippen molar-refractivity contribution in [2.45, 2.75) is 45.1 Å². The molecule has 0 spiro atoms. The molecule has 3 nitrogen and oxygen atoms in total. The first-order valence-electron chi connectivity index (χ1n) is 6.83. The first kappa shape index (κ1) is 13.6. The van der Waals surface area contributed by atoms with E-state index < -0.39 is 0 Å². The predicted molar refractivity (Wildman–Crippen MR) is 75.7 cm³/mol. The fourth-order valence-corrected chi connectivity index (χ4v) is 3.63. The van der Waals surface area contributed by atoms with Crippen LogP contribution in [0.2, 0.25) is 0 Å². The van der Waals surface area contributed by atoms with Gasteiger partial charge in [-0.25, -0.2) is 0 Å². The van der Waals surface area contributed by atoms with Crippen LogP contribution in [0.5, 0.6) is 0 Å². The number of nitrogens with two attached hydrogens (primary N) is 1. The second kappa shape index (κ2) is 6.34. The van der Waals surface area contributed by atoms with Crippen LogP contribution >= 0.6 is 11.3 Å². The summed E-state index contributed by atoms with van der Waals surface area (Å²) in [5.74, 6) is 0.298. The minimum Gasteiger partial charge on any atom is -0.335 e. The zero-order chi connectivity index (χ0) is 13.0. The molecule has 0 aromatic carbocycles. The lowest BCUT2D eigenvalue weighted by Crippen LogP contribution is -2.39. The summed E-state index contributed by atoms with van der Waals surface area (Å²) in [6, 6.07) is 2.48. The lowest BCUT2D eigenvalue weighted by Gasteiger charge is -2.35. The van der Waals surface area contributed by atoms with E-state index in [-0.39, 0.29) is 0 Å². The molecule has 0 saturated heterocycles. The number of hydrogen-bond acceptors (Lipinski definition) is 3. The normalized spacial score (nSPS) is 18.8. The van der Waals surface area contributed by atoms with Crippen molar-refractivity contribution in [3.05, 3.63) is 21.9 Å². The Balaban J connectivity index is 2.03. The second-order valence-corrected chi connectivity index (χ2v) is 5.81. The van der Waals surface area contributed by atoms with Gasteiger partial charge in [0.25, 0.3) is 0 Å². The molecule has 100 valence electrons. The molecule has 1 unspecified atom stereocenters. The highest BCUT2D eigenvalue weighted by molar-refractivity contribution is 7.10. The fraction of sp³-hybridized carbons (Fsp3) is 0.643. The lowest BCUT2D eigenvalue weighted by molar-refractivity contribution is -0.134. The maximum atomic E-state index is 12.3. The molecular formula is C14H22N2OS. The number of rotatable bonds is 5. The Kier molecular flexibility index (Phi) is 4.78. The van der Waals surface area contributed by atoms with E-state index in [1.165, 1.54) is 10.4 Å². The number of nitrogens with zero attached hydrogens (tertiary/aromatic N) is 1. The molecule has 1 aliphatic rings. The molecule has 0 bridgehead atoms. The van der Waals surface area contributed by atoms with E-state index in [9.17, 15) is 4.79 Å². The largest absolute Gasteiger partial charge is 0.335 e. The van der Waals surface area contributed by atoms with Gasteiger partial charge in [-0.05, 0) is 49.2 Å². The van der Waals surface area contributed by atoms with Crippen molar-refractivity contribution in [2.75, 3.05) is 13.1 Å². The highest BCUT2D eigenvalue weighted by atomic mass is 32.1. The first-order valence-corrected chi connectivity index (χ1v) is 7.71. The molecule has 2 heterocycles. The Hall–Kier alpha value is -0.870. The highest BCUT2D eigenvalue weighted by Gasteiger charge is 2.29. The number of thiophene rings is 1. The van der Waals surface area contributed by atoms with Gasteiger partial charge in [0.1, 0.15) is 0 Å². The quantitative estimate of drug-likeness (QED) is 0.833. The van der Waals surface area contributed by atoms with E-state index in [0.29, 0.717) is 24.9 Å². The molecule has 2 N–H and O–H groups in total. The molecule has 0 fully saturated rings. The summed E-state index contributed by atoms with van der Waals surface area (Å²) < 4.78 is 0. The molecule has 1 aliphatic heterocycles. The molecule has 0 aliphatic carbocycles. The first-order chi connectivity index (χ1) is 8.77. The van der Waals surface area contributed by atoms with Crippen molar-refractivity contribution in [3.8, 4) is 0 Å². The van der Waals surface area contributed by atoms with Crippen LogP contribution in [0.25, 0.3) is 0 Å². The van der Waals surface area contributed by atoms with E-state index in [0.717, 1.165) is 32.2 Å². The Morgan fingerprint density at radius 2 is 2.39 bits per heavy atom. The van der Waals surface area contributed by atoms with Crippen LogP contribution in [0, 0.1) is 0 Å². The van der Waals surface area contributed by atoms with Crippen molar-refractivity contribution in [1.29, 1.82) is 0 Å². The summed E-state index contributed by atoms with van der Waals surface area (Å²) in [6.07, 6.45) is 4.53. The fourth-order valence-electron chi connectivity index (χ4n) is 2.70. The SMILES string of the molecule is CCC1c2ccsc2CCN1C(=O)CCCCN. The number of carbonyl (C=O) groups is 1. The maximum Gasteiger partial charge on any atom is 0.223 e. The number of hydrogen-bond donors (Lipinski definition) is 1. The third-order valence-electron chi connectivity index (χ3n) is 3.65. The average molecular weight is 266 g/mol. The molecule has 18 heavy (non-hydrogen) atoms. The predicted octanol–water partition coefficient (Wildman–Crippen LogP) is 2.71. The smallest absolute Gasteiger partial charge is 0.223 e. The minimum absolute atomic E-state index is 0.297. The van der Waals surface area contributed by atoms with Gasteiger partial charge in [-0.1, -0.05) is 6.92 Å². The molecule has 4 heteroatoms. The molecule has 1 atom stereocenters. The monoisotopic (exact) mass is 266 g/mol. The number of unbranched alkanes of at least 4 members (excludes halogenated alkanes) is 1. The summed E-state index contributed by atoms with van der Waals surface area (Å²) in [5.41, 5.74) is 6.85. The van der Waals surface area contributed by atoms with E-state index in [2.05, 4.69) is 23.3 Å². The molecule has 1 aromatic heterocycles. The number of fused-ring (bicyclic) bond motifs is 1. The van der Waals surface area contributed by atoms with Crippen LogP contribution in [-0.4, -0.2) is 23.9 Å². The molecule has 1 aromatic rings. The van der Waals surface area contributed by atoms with Gasteiger partial charge in [-0.3, -0.25) is 4.79 Å². The Labute approximate surface area is 113 Å². The van der Waals surface area contributed by atoms with Gasteiger partial charge in [-0.2, -0.15) is 0 Å². The topological polar surface area (TPSA) is 46.3 Å². The van der Waals surface area contributed by atoms with Gasteiger partial charge in [0.2, 0.25) is 5.91 Å². The molecule has 0 saturated carbocycles. The second-order valence-electron chi connectivity index (χ2n) is 4.81. The zero-order valence-electron chi connectivity index (χ0n) is 11.0. The van der Waals surface area contributed by atoms with E-state index >= 15 is 0 Å². The molecular weight excluding hydrogens is 244 g/mol. The number of amides is 1. The molecule has 1 amide bonds. The van der Waals surface area contributed by atoms with Crippen molar-refractivity contribution < 1.29 is 4.79 Å². The highest BCUT2D eigenvalue weighted by Crippen LogP contribution is 2.35. The van der Waals surface area contributed by atoms with Crippen molar-refractivity contribution in [1.82, 2.24) is 4.90 Å². The maximum absolute atomic E-state index is 12.3. The van der Waals surface area contributed by atoms with Crippen LogP contribution in [0.15, 0.2) is 11.4 Å². The van der Waals surface area contributed by atoms with Gasteiger partial charge in [0.05, 0.1) is 6.04 Å². The lowest BCUT2D eigenvalue weighted by atomic mass is 9.97. The van der Waals surface area contributed by atoms with Crippen molar-refractivity contribution in [3.63, 3.8) is 0 Å². The third kappa shape index (κ3) is 2.75. The van der Waals surface area contributed by atoms with Crippen LogP contribution in [0.4, 0.5) is 0 Å². The van der Waals surface area contributed by atoms with Gasteiger partial charge >= 0.3 is 0 Å². The van der Waals surface area contributed by atoms with Crippen LogP contribution in [0.1, 0.15) is 49.1 Å².